The Morgan fingerprint density at radius 1 is 1.35 bits per heavy atom. The number of amides is 1. The van der Waals surface area contributed by atoms with Gasteiger partial charge in [-0.25, -0.2) is 4.98 Å². The first-order valence-electron chi connectivity index (χ1n) is 7.90. The number of benzene rings is 1. The third-order valence-electron chi connectivity index (χ3n) is 4.48. The lowest BCUT2D eigenvalue weighted by Gasteiger charge is -2.30. The van der Waals surface area contributed by atoms with Gasteiger partial charge in [0, 0.05) is 28.6 Å². The molecule has 0 bridgehead atoms. The predicted octanol–water partition coefficient (Wildman–Crippen LogP) is 4.98. The summed E-state index contributed by atoms with van der Waals surface area (Å²) < 4.78 is 1.05. The van der Waals surface area contributed by atoms with E-state index in [1.54, 1.807) is 0 Å². The van der Waals surface area contributed by atoms with Crippen LogP contribution in [0.2, 0.25) is 5.15 Å². The van der Waals surface area contributed by atoms with E-state index in [1.165, 1.54) is 17.8 Å². The van der Waals surface area contributed by atoms with Crippen LogP contribution < -0.4 is 0 Å². The Morgan fingerprint density at radius 2 is 2.17 bits per heavy atom. The normalized spacial score (nSPS) is 18.7. The lowest BCUT2D eigenvalue weighted by Crippen LogP contribution is -2.38. The van der Waals surface area contributed by atoms with Gasteiger partial charge in [-0.3, -0.25) is 4.79 Å². The molecule has 3 heterocycles. The fourth-order valence-corrected chi connectivity index (χ4v) is 4.77. The molecule has 0 spiro atoms. The van der Waals surface area contributed by atoms with Crippen LogP contribution in [0.25, 0.3) is 21.0 Å². The molecule has 0 radical (unpaired) electrons. The zero-order valence-corrected chi connectivity index (χ0v) is 14.5. The number of fused-ring (bicyclic) bond motifs is 3. The molecule has 23 heavy (non-hydrogen) atoms. The molecule has 5 heteroatoms. The van der Waals surface area contributed by atoms with Crippen LogP contribution in [0.3, 0.4) is 0 Å². The van der Waals surface area contributed by atoms with Crippen LogP contribution in [-0.2, 0) is 0 Å². The second-order valence-electron chi connectivity index (χ2n) is 6.27. The van der Waals surface area contributed by atoms with Crippen LogP contribution in [0.15, 0.2) is 30.3 Å². The summed E-state index contributed by atoms with van der Waals surface area (Å²) in [4.78, 5) is 20.0. The van der Waals surface area contributed by atoms with E-state index in [2.05, 4.69) is 11.9 Å². The van der Waals surface area contributed by atoms with E-state index in [-0.39, 0.29) is 5.91 Å². The number of thiophene rings is 1. The summed E-state index contributed by atoms with van der Waals surface area (Å²) in [6.45, 7) is 3.91. The van der Waals surface area contributed by atoms with Gasteiger partial charge < -0.3 is 4.90 Å². The summed E-state index contributed by atoms with van der Waals surface area (Å²) in [5.74, 6) is 0.700. The molecule has 1 aliphatic heterocycles. The molecule has 3 aromatic rings. The molecule has 0 unspecified atom stereocenters. The summed E-state index contributed by atoms with van der Waals surface area (Å²) in [6.07, 6.45) is 2.29. The largest absolute Gasteiger partial charge is 0.338 e. The van der Waals surface area contributed by atoms with E-state index in [0.717, 1.165) is 45.4 Å². The highest BCUT2D eigenvalue weighted by Gasteiger charge is 2.24. The second-order valence-corrected chi connectivity index (χ2v) is 7.68. The maximum Gasteiger partial charge on any atom is 0.263 e. The van der Waals surface area contributed by atoms with Crippen LogP contribution in [0.4, 0.5) is 0 Å². The van der Waals surface area contributed by atoms with Crippen molar-refractivity contribution in [3.63, 3.8) is 0 Å². The van der Waals surface area contributed by atoms with Crippen LogP contribution in [0.5, 0.6) is 0 Å². The number of halogens is 1. The Balaban J connectivity index is 1.81. The number of para-hydroxylation sites is 1. The topological polar surface area (TPSA) is 33.2 Å². The third-order valence-corrected chi connectivity index (χ3v) is 5.92. The number of pyridine rings is 1. The second kappa shape index (κ2) is 5.77. The van der Waals surface area contributed by atoms with E-state index >= 15 is 0 Å². The number of hydrogen-bond donors (Lipinski definition) is 0. The van der Waals surface area contributed by atoms with E-state index in [9.17, 15) is 4.79 Å². The van der Waals surface area contributed by atoms with Crippen LogP contribution in [-0.4, -0.2) is 28.9 Å². The minimum absolute atomic E-state index is 0.123. The van der Waals surface area contributed by atoms with Crippen molar-refractivity contribution in [1.29, 1.82) is 0 Å². The molecule has 1 aliphatic rings. The van der Waals surface area contributed by atoms with Crippen molar-refractivity contribution < 1.29 is 4.79 Å². The monoisotopic (exact) mass is 344 g/mol. The van der Waals surface area contributed by atoms with Crippen molar-refractivity contribution in [2.45, 2.75) is 19.8 Å². The number of carbonyl (C=O) groups excluding carboxylic acids is 1. The maximum atomic E-state index is 12.8. The minimum atomic E-state index is 0.123. The molecule has 1 aromatic carbocycles. The summed E-state index contributed by atoms with van der Waals surface area (Å²) in [5, 5.41) is 2.41. The van der Waals surface area contributed by atoms with Gasteiger partial charge >= 0.3 is 0 Å². The Morgan fingerprint density at radius 3 is 3.00 bits per heavy atom. The molecular weight excluding hydrogens is 328 g/mol. The zero-order valence-electron chi connectivity index (χ0n) is 12.9. The first kappa shape index (κ1) is 14.9. The summed E-state index contributed by atoms with van der Waals surface area (Å²) in [6, 6.07) is 9.84. The van der Waals surface area contributed by atoms with Gasteiger partial charge in [0.25, 0.3) is 5.91 Å². The van der Waals surface area contributed by atoms with E-state index in [1.807, 2.05) is 35.2 Å². The molecule has 3 nitrogen and oxygen atoms in total. The molecule has 0 saturated carbocycles. The lowest BCUT2D eigenvalue weighted by molar-refractivity contribution is 0.0688. The van der Waals surface area contributed by atoms with E-state index in [4.69, 9.17) is 11.6 Å². The molecule has 1 saturated heterocycles. The number of carbonyl (C=O) groups is 1. The first-order chi connectivity index (χ1) is 11.1. The van der Waals surface area contributed by atoms with Crippen LogP contribution >= 0.6 is 22.9 Å². The van der Waals surface area contributed by atoms with Gasteiger partial charge in [0.15, 0.2) is 0 Å². The molecule has 118 valence electrons. The number of piperidine rings is 1. The van der Waals surface area contributed by atoms with Gasteiger partial charge in [0.05, 0.1) is 10.4 Å². The molecule has 1 fully saturated rings. The molecule has 0 aliphatic carbocycles. The van der Waals surface area contributed by atoms with Crippen molar-refractivity contribution in [2.75, 3.05) is 13.1 Å². The number of rotatable bonds is 1. The van der Waals surface area contributed by atoms with Gasteiger partial charge in [-0.05, 0) is 30.9 Å². The van der Waals surface area contributed by atoms with Crippen LogP contribution in [0, 0.1) is 5.92 Å². The molecule has 1 atom stereocenters. The average Bonchev–Trinajstić information content (AvgIpc) is 3.00. The minimum Gasteiger partial charge on any atom is -0.338 e. The summed E-state index contributed by atoms with van der Waals surface area (Å²) >= 11 is 7.86. The van der Waals surface area contributed by atoms with Crippen LogP contribution in [0.1, 0.15) is 29.4 Å². The van der Waals surface area contributed by atoms with Gasteiger partial charge in [-0.1, -0.05) is 36.7 Å². The lowest BCUT2D eigenvalue weighted by atomic mass is 10.0. The number of nitrogens with zero attached hydrogens (tertiary/aromatic N) is 2. The molecule has 4 rings (SSSR count). The van der Waals surface area contributed by atoms with Gasteiger partial charge in [0.2, 0.25) is 0 Å². The Hall–Kier alpha value is -1.65. The zero-order chi connectivity index (χ0) is 16.0. The highest BCUT2D eigenvalue weighted by molar-refractivity contribution is 7.21. The van der Waals surface area contributed by atoms with E-state index < -0.39 is 0 Å². The highest BCUT2D eigenvalue weighted by atomic mass is 35.5. The number of hydrogen-bond acceptors (Lipinski definition) is 3. The third kappa shape index (κ3) is 2.60. The van der Waals surface area contributed by atoms with Crippen molar-refractivity contribution >= 4 is 49.8 Å². The SMILES string of the molecule is C[C@H]1CCCN(C(=O)c2cc3c(Cl)nc4ccccc4c3s2)C1. The summed E-state index contributed by atoms with van der Waals surface area (Å²) in [7, 11) is 0. The van der Waals surface area contributed by atoms with Gasteiger partial charge in [-0.2, -0.15) is 0 Å². The van der Waals surface area contributed by atoms with Gasteiger partial charge in [-0.15, -0.1) is 11.3 Å². The fourth-order valence-electron chi connectivity index (χ4n) is 3.31. The summed E-state index contributed by atoms with van der Waals surface area (Å²) in [5.41, 5.74) is 0.873. The smallest absolute Gasteiger partial charge is 0.263 e. The van der Waals surface area contributed by atoms with Crippen molar-refractivity contribution in [2.24, 2.45) is 5.92 Å². The molecule has 1 amide bonds. The van der Waals surface area contributed by atoms with Crippen molar-refractivity contribution in [1.82, 2.24) is 9.88 Å². The number of aromatic nitrogens is 1. The Bertz CT molecular complexity index is 905. The Labute approximate surface area is 143 Å². The number of likely N-dealkylation sites (tertiary alicyclic amines) is 1. The predicted molar refractivity (Wildman–Crippen MR) is 96.4 cm³/mol. The fraction of sp³-hybridized carbons (Fsp3) is 0.333. The molecule has 2 aromatic heterocycles. The maximum absolute atomic E-state index is 12.8. The molecular formula is C18H17ClN2OS. The highest BCUT2D eigenvalue weighted by Crippen LogP contribution is 2.36. The average molecular weight is 345 g/mol. The standard InChI is InChI=1S/C18H17ClN2OS/c1-11-5-4-8-21(10-11)18(22)15-9-13-16(23-15)12-6-2-3-7-14(12)20-17(13)19/h2-3,6-7,9,11H,4-5,8,10H2,1H3/t11-/m0/s1. The Kier molecular flexibility index (Phi) is 3.74. The molecule has 0 N–H and O–H groups in total. The quantitative estimate of drug-likeness (QED) is 0.583. The first-order valence-corrected chi connectivity index (χ1v) is 9.10. The van der Waals surface area contributed by atoms with Crippen molar-refractivity contribution in [3.8, 4) is 0 Å². The van der Waals surface area contributed by atoms with Crippen molar-refractivity contribution in [3.05, 3.63) is 40.4 Å². The van der Waals surface area contributed by atoms with Gasteiger partial charge in [0.1, 0.15) is 5.15 Å². The van der Waals surface area contributed by atoms with E-state index in [0.29, 0.717) is 11.1 Å².